The Hall–Kier alpha value is -0.450. The van der Waals surface area contributed by atoms with Gasteiger partial charge in [0.2, 0.25) is 0 Å². The van der Waals surface area contributed by atoms with Crippen LogP contribution in [0.4, 0.5) is 0 Å². The average molecular weight is 251 g/mol. The molecule has 0 rings (SSSR count). The fourth-order valence-electron chi connectivity index (χ4n) is 0.591. The van der Waals surface area contributed by atoms with Crippen LogP contribution in [-0.2, 0) is 14.3 Å². The molecule has 0 fully saturated rings. The molecule has 0 bridgehead atoms. The van der Waals surface area contributed by atoms with E-state index >= 15 is 0 Å². The lowest BCUT2D eigenvalue weighted by molar-refractivity contribution is -0.123. The summed E-state index contributed by atoms with van der Waals surface area (Å²) in [6, 6.07) is 0. The molecule has 4 nitrogen and oxygen atoms in total. The first-order valence-electron chi connectivity index (χ1n) is 6.60. The molecule has 2 N–H and O–H groups in total. The van der Waals surface area contributed by atoms with Crippen LogP contribution in [0.2, 0.25) is 0 Å². The molecular formula is C13H33NO3. The first kappa shape index (κ1) is 21.8. The summed E-state index contributed by atoms with van der Waals surface area (Å²) in [6.07, 6.45) is 1.78. The molecule has 0 amide bonds. The van der Waals surface area contributed by atoms with Crippen molar-refractivity contribution in [3.05, 3.63) is 0 Å². The van der Waals surface area contributed by atoms with Gasteiger partial charge in [-0.1, -0.05) is 41.0 Å². The predicted octanol–water partition coefficient (Wildman–Crippen LogP) is 2.65. The number of carbonyl (C=O) groups excluding carboxylic acids is 1. The third kappa shape index (κ3) is 31.3. The average Bonchev–Trinajstić information content (AvgIpc) is 2.36. The first-order chi connectivity index (χ1) is 8.22. The lowest BCUT2D eigenvalue weighted by atomic mass is 10.3. The van der Waals surface area contributed by atoms with Crippen LogP contribution < -0.4 is 5.73 Å². The van der Waals surface area contributed by atoms with E-state index in [0.717, 1.165) is 0 Å². The van der Waals surface area contributed by atoms with Crippen LogP contribution in [0.5, 0.6) is 0 Å². The molecule has 0 aromatic rings. The molecule has 4 heteroatoms. The number of hydrogen-bond acceptors (Lipinski definition) is 4. The molecule has 17 heavy (non-hydrogen) atoms. The Labute approximate surface area is 108 Å². The van der Waals surface area contributed by atoms with Crippen molar-refractivity contribution < 1.29 is 15.7 Å². The Kier molecular flexibility index (Phi) is 31.6. The topological polar surface area (TPSA) is 61.5 Å². The van der Waals surface area contributed by atoms with Crippen molar-refractivity contribution in [1.82, 2.24) is 0 Å². The van der Waals surface area contributed by atoms with Crippen molar-refractivity contribution in [2.75, 3.05) is 33.0 Å². The second-order valence-corrected chi connectivity index (χ2v) is 3.05. The van der Waals surface area contributed by atoms with Gasteiger partial charge in [-0.05, 0) is 0 Å². The predicted molar refractivity (Wildman–Crippen MR) is 75.4 cm³/mol. The molecular weight excluding hydrogens is 218 g/mol. The van der Waals surface area contributed by atoms with E-state index in [1.807, 2.05) is 20.8 Å². The normalized spacial score (nSPS) is 8.59. The lowest BCUT2D eigenvalue weighted by Crippen LogP contribution is -2.14. The maximum atomic E-state index is 10.7. The third-order valence-electron chi connectivity index (χ3n) is 1.29. The number of ketones is 1. The molecule has 0 aromatic carbocycles. The number of ether oxygens (including phenoxy) is 2. The second kappa shape index (κ2) is 24.7. The quantitative estimate of drug-likeness (QED) is 0.674. The fraction of sp³-hybridized carbons (Fsp3) is 0.923. The summed E-state index contributed by atoms with van der Waals surface area (Å²) in [7, 11) is 0. The summed E-state index contributed by atoms with van der Waals surface area (Å²) in [5.74, 6) is 0.119. The summed E-state index contributed by atoms with van der Waals surface area (Å²) in [5.41, 5.74) is 5.19. The van der Waals surface area contributed by atoms with Crippen molar-refractivity contribution in [2.45, 2.75) is 47.5 Å². The van der Waals surface area contributed by atoms with Crippen molar-refractivity contribution in [3.63, 3.8) is 0 Å². The highest BCUT2D eigenvalue weighted by Gasteiger charge is 1.96. The number of carbonyl (C=O) groups is 1. The monoisotopic (exact) mass is 251 g/mol. The van der Waals surface area contributed by atoms with E-state index in [0.29, 0.717) is 32.8 Å². The van der Waals surface area contributed by atoms with E-state index in [-0.39, 0.29) is 13.8 Å². The Morgan fingerprint density at radius 2 is 1.53 bits per heavy atom. The molecule has 0 heterocycles. The van der Waals surface area contributed by atoms with Gasteiger partial charge in [0.1, 0.15) is 6.61 Å². The maximum Gasteiger partial charge on any atom is 0.158 e. The molecule has 0 aliphatic carbocycles. The number of rotatable bonds is 8. The summed E-state index contributed by atoms with van der Waals surface area (Å²) in [5, 5.41) is 0. The zero-order chi connectivity index (χ0) is 13.9. The van der Waals surface area contributed by atoms with Crippen LogP contribution in [-0.4, -0.2) is 38.8 Å². The zero-order valence-electron chi connectivity index (χ0n) is 12.3. The Morgan fingerprint density at radius 3 is 1.94 bits per heavy atom. The van der Waals surface area contributed by atoms with Gasteiger partial charge < -0.3 is 15.2 Å². The second-order valence-electron chi connectivity index (χ2n) is 3.05. The molecule has 0 aromatic heterocycles. The van der Waals surface area contributed by atoms with Crippen molar-refractivity contribution in [3.8, 4) is 0 Å². The lowest BCUT2D eigenvalue weighted by Gasteiger charge is -2.02. The molecule has 0 atom stereocenters. The van der Waals surface area contributed by atoms with Crippen LogP contribution in [0, 0.1) is 0 Å². The molecule has 0 radical (unpaired) electrons. The van der Waals surface area contributed by atoms with E-state index in [4.69, 9.17) is 15.2 Å². The van der Waals surface area contributed by atoms with Crippen LogP contribution in [0.1, 0.15) is 48.9 Å². The fourth-order valence-corrected chi connectivity index (χ4v) is 0.591. The van der Waals surface area contributed by atoms with Crippen molar-refractivity contribution in [1.29, 1.82) is 0 Å². The Bertz CT molecular complexity index is 135. The van der Waals surface area contributed by atoms with Gasteiger partial charge in [0.15, 0.2) is 5.78 Å². The van der Waals surface area contributed by atoms with Crippen molar-refractivity contribution in [2.24, 2.45) is 5.73 Å². The summed E-state index contributed by atoms with van der Waals surface area (Å²) >= 11 is 0. The summed E-state index contributed by atoms with van der Waals surface area (Å²) < 4.78 is 10.1. The minimum Gasteiger partial charge on any atom is -0.378 e. The van der Waals surface area contributed by atoms with Crippen molar-refractivity contribution >= 4 is 5.78 Å². The minimum absolute atomic E-state index is 0. The number of Topliss-reactive ketones (excluding diaryl/α,β-unsaturated/α-hetero) is 1. The largest absolute Gasteiger partial charge is 0.378 e. The van der Waals surface area contributed by atoms with E-state index in [9.17, 15) is 4.79 Å². The van der Waals surface area contributed by atoms with Gasteiger partial charge >= 0.3 is 0 Å². The van der Waals surface area contributed by atoms with Crippen LogP contribution >= 0.6 is 0 Å². The minimum atomic E-state index is 0. The van der Waals surface area contributed by atoms with Gasteiger partial charge in [0, 0.05) is 14.4 Å². The molecule has 108 valence electrons. The molecule has 0 saturated heterocycles. The SMILES string of the molecule is CC.CCC.CCC(=O)COCCOCCN.[HH]. The molecule has 0 spiro atoms. The number of hydrogen-bond donors (Lipinski definition) is 1. The molecule has 0 saturated carbocycles. The van der Waals surface area contributed by atoms with E-state index in [1.165, 1.54) is 6.42 Å². The highest BCUT2D eigenvalue weighted by atomic mass is 16.5. The zero-order valence-corrected chi connectivity index (χ0v) is 12.3. The van der Waals surface area contributed by atoms with Crippen LogP contribution in [0.25, 0.3) is 0 Å². The van der Waals surface area contributed by atoms with Gasteiger partial charge in [-0.2, -0.15) is 0 Å². The maximum absolute atomic E-state index is 10.7. The van der Waals surface area contributed by atoms with E-state index < -0.39 is 0 Å². The van der Waals surface area contributed by atoms with E-state index in [1.54, 1.807) is 0 Å². The van der Waals surface area contributed by atoms with Gasteiger partial charge in [0.25, 0.3) is 0 Å². The van der Waals surface area contributed by atoms with Gasteiger partial charge in [-0.15, -0.1) is 0 Å². The third-order valence-corrected chi connectivity index (χ3v) is 1.29. The van der Waals surface area contributed by atoms with Crippen LogP contribution in [0.3, 0.4) is 0 Å². The number of nitrogens with two attached hydrogens (primary N) is 1. The summed E-state index contributed by atoms with van der Waals surface area (Å²) in [6.45, 7) is 12.3. The smallest absolute Gasteiger partial charge is 0.158 e. The summed E-state index contributed by atoms with van der Waals surface area (Å²) in [4.78, 5) is 10.7. The Morgan fingerprint density at radius 1 is 1.06 bits per heavy atom. The Balaban J connectivity index is -0.000000142. The van der Waals surface area contributed by atoms with Gasteiger partial charge in [-0.3, -0.25) is 4.79 Å². The van der Waals surface area contributed by atoms with Gasteiger partial charge in [-0.25, -0.2) is 0 Å². The molecule has 0 aliphatic rings. The van der Waals surface area contributed by atoms with Gasteiger partial charge in [0.05, 0.1) is 19.8 Å². The van der Waals surface area contributed by atoms with Crippen LogP contribution in [0.15, 0.2) is 0 Å². The highest BCUT2D eigenvalue weighted by Crippen LogP contribution is 1.83. The first-order valence-corrected chi connectivity index (χ1v) is 6.60. The highest BCUT2D eigenvalue weighted by molar-refractivity contribution is 5.79. The molecule has 0 unspecified atom stereocenters. The molecule has 0 aliphatic heterocycles. The standard InChI is InChI=1S/C8H17NO3.C3H8.C2H6.H2/c1-2-8(10)7-12-6-5-11-4-3-9;1-3-2;1-2;/h2-7,9H2,1H3;3H2,1-2H3;1-2H3;1H. The van der Waals surface area contributed by atoms with E-state index in [2.05, 4.69) is 13.8 Å².